The first-order chi connectivity index (χ1) is 15.6. The van der Waals surface area contributed by atoms with E-state index in [1.807, 2.05) is 48.0 Å². The van der Waals surface area contributed by atoms with Gasteiger partial charge in [0.15, 0.2) is 15.7 Å². The van der Waals surface area contributed by atoms with Crippen molar-refractivity contribution in [2.24, 2.45) is 0 Å². The molecule has 0 saturated heterocycles. The number of rotatable bonds is 4. The van der Waals surface area contributed by atoms with Crippen molar-refractivity contribution in [3.05, 3.63) is 72.4 Å². The molecule has 5 aromatic rings. The van der Waals surface area contributed by atoms with Gasteiger partial charge >= 0.3 is 0 Å². The van der Waals surface area contributed by atoms with Crippen LogP contribution in [-0.4, -0.2) is 29.2 Å². The van der Waals surface area contributed by atoms with E-state index >= 15 is 4.39 Å². The highest BCUT2D eigenvalue weighted by Crippen LogP contribution is 2.35. The van der Waals surface area contributed by atoms with Crippen molar-refractivity contribution in [1.29, 1.82) is 0 Å². The van der Waals surface area contributed by atoms with Gasteiger partial charge < -0.3 is 9.55 Å². The highest BCUT2D eigenvalue weighted by atomic mass is 32.2. The third-order valence-corrected chi connectivity index (χ3v) is 7.14. The number of benzene rings is 3. The number of H-pyrrole nitrogens is 1. The van der Waals surface area contributed by atoms with Crippen LogP contribution >= 0.6 is 0 Å². The molecule has 0 saturated carbocycles. The maximum Gasteiger partial charge on any atom is 0.175 e. The van der Waals surface area contributed by atoms with Crippen LogP contribution in [0.5, 0.6) is 0 Å². The number of sulfone groups is 1. The molecule has 5 rings (SSSR count). The van der Waals surface area contributed by atoms with E-state index in [0.717, 1.165) is 44.5 Å². The van der Waals surface area contributed by atoms with E-state index in [4.69, 9.17) is 0 Å². The molecule has 1 N–H and O–H groups in total. The minimum atomic E-state index is -3.31. The van der Waals surface area contributed by atoms with E-state index in [1.54, 1.807) is 18.2 Å². The number of imidazole rings is 1. The second kappa shape index (κ2) is 7.56. The SMILES string of the molecule is Cc1nc2c(F)cc(-c3c[nH]c4ccc(-c5cccc(S(C)(=O)=O)c5)cc34)cc2n1C(C)C. The van der Waals surface area contributed by atoms with Gasteiger partial charge in [0.05, 0.1) is 10.4 Å². The van der Waals surface area contributed by atoms with Crippen LogP contribution in [0.4, 0.5) is 4.39 Å². The van der Waals surface area contributed by atoms with Crippen LogP contribution in [0, 0.1) is 12.7 Å². The third kappa shape index (κ3) is 3.62. The van der Waals surface area contributed by atoms with Crippen LogP contribution in [-0.2, 0) is 9.84 Å². The molecule has 0 radical (unpaired) electrons. The van der Waals surface area contributed by atoms with E-state index in [-0.39, 0.29) is 16.8 Å². The molecule has 168 valence electrons. The van der Waals surface area contributed by atoms with Gasteiger partial charge in [-0.2, -0.15) is 0 Å². The van der Waals surface area contributed by atoms with Crippen molar-refractivity contribution in [2.75, 3.05) is 6.26 Å². The third-order valence-electron chi connectivity index (χ3n) is 6.03. The number of fused-ring (bicyclic) bond motifs is 2. The Balaban J connectivity index is 1.69. The Kier molecular flexibility index (Phi) is 4.90. The molecule has 7 heteroatoms. The molecule has 2 aromatic heterocycles. The Morgan fingerprint density at radius 1 is 1.00 bits per heavy atom. The maximum atomic E-state index is 15.1. The van der Waals surface area contributed by atoms with Crippen LogP contribution < -0.4 is 0 Å². The van der Waals surface area contributed by atoms with Crippen LogP contribution in [0.2, 0.25) is 0 Å². The van der Waals surface area contributed by atoms with Crippen LogP contribution in [0.25, 0.3) is 44.2 Å². The van der Waals surface area contributed by atoms with Crippen molar-refractivity contribution >= 4 is 31.8 Å². The summed E-state index contributed by atoms with van der Waals surface area (Å²) in [6.07, 6.45) is 3.08. The van der Waals surface area contributed by atoms with E-state index < -0.39 is 9.84 Å². The lowest BCUT2D eigenvalue weighted by Crippen LogP contribution is -2.02. The fraction of sp³-hybridized carbons (Fsp3) is 0.192. The Morgan fingerprint density at radius 2 is 1.76 bits per heavy atom. The standard InChI is InChI=1S/C26H24FN3O2S/c1-15(2)30-16(3)29-26-23(27)12-19(13-25(26)30)22-14-28-24-9-8-18(11-21(22)24)17-6-5-7-20(10-17)33(4,31)32/h5-15,28H,1-4H3. The van der Waals surface area contributed by atoms with Crippen molar-refractivity contribution in [3.63, 3.8) is 0 Å². The molecule has 0 bridgehead atoms. The zero-order valence-corrected chi connectivity index (χ0v) is 19.7. The van der Waals surface area contributed by atoms with Gasteiger partial charge in [-0.15, -0.1) is 0 Å². The van der Waals surface area contributed by atoms with Gasteiger partial charge in [-0.05, 0) is 73.9 Å². The molecule has 0 atom stereocenters. The molecule has 2 heterocycles. The van der Waals surface area contributed by atoms with Crippen molar-refractivity contribution in [3.8, 4) is 22.3 Å². The molecular weight excluding hydrogens is 437 g/mol. The van der Waals surface area contributed by atoms with Crippen molar-refractivity contribution < 1.29 is 12.8 Å². The number of hydrogen-bond donors (Lipinski definition) is 1. The maximum absolute atomic E-state index is 15.1. The van der Waals surface area contributed by atoms with Crippen molar-refractivity contribution in [1.82, 2.24) is 14.5 Å². The van der Waals surface area contributed by atoms with Gasteiger partial charge in [0.2, 0.25) is 0 Å². The second-order valence-electron chi connectivity index (χ2n) is 8.71. The molecular formula is C26H24FN3O2S. The largest absolute Gasteiger partial charge is 0.361 e. The first-order valence-corrected chi connectivity index (χ1v) is 12.6. The molecule has 0 fully saturated rings. The summed E-state index contributed by atoms with van der Waals surface area (Å²) in [4.78, 5) is 7.98. The van der Waals surface area contributed by atoms with E-state index in [2.05, 4.69) is 23.8 Å². The highest BCUT2D eigenvalue weighted by Gasteiger charge is 2.17. The van der Waals surface area contributed by atoms with E-state index in [9.17, 15) is 8.42 Å². The molecule has 0 aliphatic heterocycles. The van der Waals surface area contributed by atoms with Gasteiger partial charge in [0.25, 0.3) is 0 Å². The molecule has 0 aliphatic rings. The number of nitrogens with zero attached hydrogens (tertiary/aromatic N) is 2. The second-order valence-corrected chi connectivity index (χ2v) is 10.7. The van der Waals surface area contributed by atoms with Gasteiger partial charge in [0, 0.05) is 35.0 Å². The molecule has 0 unspecified atom stereocenters. The van der Waals surface area contributed by atoms with Gasteiger partial charge in [-0.1, -0.05) is 18.2 Å². The monoisotopic (exact) mass is 461 g/mol. The lowest BCUT2D eigenvalue weighted by Gasteiger charge is -2.11. The van der Waals surface area contributed by atoms with Gasteiger partial charge in [-0.25, -0.2) is 17.8 Å². The van der Waals surface area contributed by atoms with Gasteiger partial charge in [-0.3, -0.25) is 0 Å². The molecule has 0 amide bonds. The Bertz CT molecular complexity index is 1650. The smallest absolute Gasteiger partial charge is 0.175 e. The fourth-order valence-electron chi connectivity index (χ4n) is 4.52. The number of nitrogens with one attached hydrogen (secondary N) is 1. The molecule has 5 nitrogen and oxygen atoms in total. The van der Waals surface area contributed by atoms with Crippen molar-refractivity contribution in [2.45, 2.75) is 31.7 Å². The summed E-state index contributed by atoms with van der Waals surface area (Å²) < 4.78 is 41.1. The first kappa shape index (κ1) is 21.4. The number of aromatic amines is 1. The normalized spacial score (nSPS) is 12.3. The molecule has 33 heavy (non-hydrogen) atoms. The fourth-order valence-corrected chi connectivity index (χ4v) is 5.19. The lowest BCUT2D eigenvalue weighted by atomic mass is 9.99. The highest BCUT2D eigenvalue weighted by molar-refractivity contribution is 7.90. The molecule has 0 aliphatic carbocycles. The lowest BCUT2D eigenvalue weighted by molar-refractivity contribution is 0.599. The summed E-state index contributed by atoms with van der Waals surface area (Å²) in [5.41, 5.74) is 5.39. The number of hydrogen-bond acceptors (Lipinski definition) is 3. The topological polar surface area (TPSA) is 67.8 Å². The van der Waals surface area contributed by atoms with Crippen LogP contribution in [0.15, 0.2) is 65.7 Å². The van der Waals surface area contributed by atoms with E-state index in [0.29, 0.717) is 5.52 Å². The number of aryl methyl sites for hydroxylation is 1. The zero-order valence-electron chi connectivity index (χ0n) is 18.8. The zero-order chi connectivity index (χ0) is 23.5. The Labute approximate surface area is 191 Å². The quantitative estimate of drug-likeness (QED) is 0.342. The Morgan fingerprint density at radius 3 is 2.48 bits per heavy atom. The first-order valence-electron chi connectivity index (χ1n) is 10.7. The van der Waals surface area contributed by atoms with Crippen LogP contribution in [0.1, 0.15) is 25.7 Å². The number of halogens is 1. The summed E-state index contributed by atoms with van der Waals surface area (Å²) in [6, 6.07) is 16.5. The van der Waals surface area contributed by atoms with Crippen LogP contribution in [0.3, 0.4) is 0 Å². The predicted octanol–water partition coefficient (Wildman–Crippen LogP) is 6.28. The minimum Gasteiger partial charge on any atom is -0.361 e. The summed E-state index contributed by atoms with van der Waals surface area (Å²) in [6.45, 7) is 6.00. The molecule has 3 aromatic carbocycles. The minimum absolute atomic E-state index is 0.154. The van der Waals surface area contributed by atoms with Gasteiger partial charge in [0.1, 0.15) is 11.3 Å². The summed E-state index contributed by atoms with van der Waals surface area (Å²) in [5.74, 6) is 0.430. The molecule has 0 spiro atoms. The predicted molar refractivity (Wildman–Crippen MR) is 131 cm³/mol. The average molecular weight is 462 g/mol. The number of aromatic nitrogens is 3. The van der Waals surface area contributed by atoms with E-state index in [1.165, 1.54) is 12.3 Å². The Hall–Kier alpha value is -3.45. The summed E-state index contributed by atoms with van der Waals surface area (Å²) >= 11 is 0. The summed E-state index contributed by atoms with van der Waals surface area (Å²) in [7, 11) is -3.31. The average Bonchev–Trinajstić information content (AvgIpc) is 3.33. The summed E-state index contributed by atoms with van der Waals surface area (Å²) in [5, 5.41) is 0.934.